The van der Waals surface area contributed by atoms with Gasteiger partial charge in [-0.2, -0.15) is 0 Å². The summed E-state index contributed by atoms with van der Waals surface area (Å²) in [4.78, 5) is 6.90. The molecule has 0 amide bonds. The summed E-state index contributed by atoms with van der Waals surface area (Å²) in [5.41, 5.74) is 1.03. The van der Waals surface area contributed by atoms with Crippen LogP contribution in [0.2, 0.25) is 0 Å². The molecule has 49 valence electrons. The second-order valence-corrected chi connectivity index (χ2v) is 2.85. The van der Waals surface area contributed by atoms with Crippen LogP contribution in [0.15, 0.2) is 12.5 Å². The molecule has 0 unspecified atom stereocenters. The van der Waals surface area contributed by atoms with Gasteiger partial charge in [-0.05, 0) is 6.92 Å². The lowest BCUT2D eigenvalue weighted by atomic mass is 9.93. The molecule has 9 heavy (non-hydrogen) atoms. The molecule has 1 rings (SSSR count). The van der Waals surface area contributed by atoms with E-state index in [9.17, 15) is 0 Å². The van der Waals surface area contributed by atoms with Gasteiger partial charge in [0.15, 0.2) is 0 Å². The molecule has 0 bridgehead atoms. The highest BCUT2D eigenvalue weighted by atomic mass is 14.9. The topological polar surface area (TPSA) is 28.7 Å². The van der Waals surface area contributed by atoms with E-state index in [4.69, 9.17) is 0 Å². The van der Waals surface area contributed by atoms with Crippen molar-refractivity contribution in [1.29, 1.82) is 0 Å². The van der Waals surface area contributed by atoms with E-state index in [1.165, 1.54) is 0 Å². The molecule has 1 aromatic rings. The summed E-state index contributed by atoms with van der Waals surface area (Å²) in [5.74, 6) is 0. The average molecular weight is 123 g/mol. The zero-order chi connectivity index (χ0) is 6.91. The van der Waals surface area contributed by atoms with E-state index in [0.717, 1.165) is 5.69 Å². The summed E-state index contributed by atoms with van der Waals surface area (Å²) < 4.78 is 0. The van der Waals surface area contributed by atoms with Crippen LogP contribution < -0.4 is 0 Å². The minimum absolute atomic E-state index is 0.0451. The molecule has 0 atom stereocenters. The van der Waals surface area contributed by atoms with Crippen molar-refractivity contribution in [2.45, 2.75) is 19.3 Å². The lowest BCUT2D eigenvalue weighted by Gasteiger charge is -2.14. The number of aromatic nitrogens is 2. The summed E-state index contributed by atoms with van der Waals surface area (Å²) in [6.07, 6.45) is 3.47. The van der Waals surface area contributed by atoms with Gasteiger partial charge in [0, 0.05) is 17.3 Å². The van der Waals surface area contributed by atoms with E-state index in [2.05, 4.69) is 16.9 Å². The van der Waals surface area contributed by atoms with Gasteiger partial charge in [0.25, 0.3) is 0 Å². The van der Waals surface area contributed by atoms with E-state index in [1.807, 2.05) is 13.8 Å². The number of hydrogen-bond acceptors (Lipinski definition) is 1. The normalized spacial score (nSPS) is 11.9. The van der Waals surface area contributed by atoms with Crippen LogP contribution >= 0.6 is 0 Å². The quantitative estimate of drug-likeness (QED) is 0.602. The number of imidazole rings is 1. The Morgan fingerprint density at radius 2 is 2.33 bits per heavy atom. The highest BCUT2D eigenvalue weighted by Gasteiger charge is 2.13. The second kappa shape index (κ2) is 1.87. The third kappa shape index (κ3) is 1.31. The Kier molecular flexibility index (Phi) is 1.31. The van der Waals surface area contributed by atoms with Crippen molar-refractivity contribution in [3.63, 3.8) is 0 Å². The Morgan fingerprint density at radius 1 is 1.67 bits per heavy atom. The van der Waals surface area contributed by atoms with Gasteiger partial charge in [-0.25, -0.2) is 4.98 Å². The zero-order valence-electron chi connectivity index (χ0n) is 5.81. The number of hydrogen-bond donors (Lipinski definition) is 1. The first-order chi connectivity index (χ1) is 4.11. The van der Waals surface area contributed by atoms with Crippen molar-refractivity contribution < 1.29 is 0 Å². The van der Waals surface area contributed by atoms with Crippen LogP contribution in [0.3, 0.4) is 0 Å². The van der Waals surface area contributed by atoms with E-state index < -0.39 is 0 Å². The van der Waals surface area contributed by atoms with Crippen LogP contribution in [0.4, 0.5) is 0 Å². The molecular weight excluding hydrogens is 112 g/mol. The van der Waals surface area contributed by atoms with E-state index in [0.29, 0.717) is 0 Å². The maximum atomic E-state index is 3.94. The van der Waals surface area contributed by atoms with Crippen molar-refractivity contribution >= 4 is 0 Å². The molecule has 0 fully saturated rings. The highest BCUT2D eigenvalue weighted by Crippen LogP contribution is 2.17. The summed E-state index contributed by atoms with van der Waals surface area (Å²) in [6, 6.07) is 0. The molecular formula is C7H11N2. The van der Waals surface area contributed by atoms with Gasteiger partial charge in [-0.1, -0.05) is 13.8 Å². The van der Waals surface area contributed by atoms with E-state index in [-0.39, 0.29) is 5.41 Å². The zero-order valence-corrected chi connectivity index (χ0v) is 5.81. The lowest BCUT2D eigenvalue weighted by molar-refractivity contribution is 0.643. The van der Waals surface area contributed by atoms with E-state index in [1.54, 1.807) is 12.5 Å². The second-order valence-electron chi connectivity index (χ2n) is 2.85. The number of nitrogens with zero attached hydrogens (tertiary/aromatic N) is 1. The predicted molar refractivity (Wildman–Crippen MR) is 37.0 cm³/mol. The molecule has 0 aliphatic carbocycles. The summed E-state index contributed by atoms with van der Waals surface area (Å²) in [5, 5.41) is 0. The van der Waals surface area contributed by atoms with Gasteiger partial charge < -0.3 is 4.98 Å². The number of nitrogens with one attached hydrogen (secondary N) is 1. The molecule has 1 heterocycles. The standard InChI is InChI=1S/C7H11N2/c1-7(2,3)6-4-8-5-9-6/h4-5H,1H2,2-3H3,(H,8,9). The monoisotopic (exact) mass is 123 g/mol. The molecule has 0 spiro atoms. The van der Waals surface area contributed by atoms with Crippen LogP contribution in [0.5, 0.6) is 0 Å². The fraction of sp³-hybridized carbons (Fsp3) is 0.429. The van der Waals surface area contributed by atoms with Crippen LogP contribution in [-0.2, 0) is 5.41 Å². The first-order valence-corrected chi connectivity index (χ1v) is 2.95. The smallest absolute Gasteiger partial charge is 0.0921 e. The molecule has 2 nitrogen and oxygen atoms in total. The summed E-state index contributed by atoms with van der Waals surface area (Å²) >= 11 is 0. The molecule has 0 aromatic carbocycles. The van der Waals surface area contributed by atoms with Crippen LogP contribution in [0, 0.1) is 6.92 Å². The maximum absolute atomic E-state index is 3.94. The molecule has 1 N–H and O–H groups in total. The molecule has 0 aliphatic heterocycles. The molecule has 1 aromatic heterocycles. The van der Waals surface area contributed by atoms with Crippen molar-refractivity contribution in [3.05, 3.63) is 25.1 Å². The largest absolute Gasteiger partial charge is 0.348 e. The number of rotatable bonds is 1. The van der Waals surface area contributed by atoms with Crippen molar-refractivity contribution in [2.24, 2.45) is 0 Å². The third-order valence-corrected chi connectivity index (χ3v) is 1.23. The van der Waals surface area contributed by atoms with Gasteiger partial charge in [0.2, 0.25) is 0 Å². The summed E-state index contributed by atoms with van der Waals surface area (Å²) in [7, 11) is 0. The third-order valence-electron chi connectivity index (χ3n) is 1.23. The number of H-pyrrole nitrogens is 1. The van der Waals surface area contributed by atoms with Gasteiger partial charge in [-0.3, -0.25) is 0 Å². The SMILES string of the molecule is [CH2]C(C)(C)c1cnc[nH]1. The predicted octanol–water partition coefficient (Wildman–Crippen LogP) is 1.52. The fourth-order valence-electron chi connectivity index (χ4n) is 0.626. The maximum Gasteiger partial charge on any atom is 0.0921 e. The molecule has 0 saturated heterocycles. The summed E-state index contributed by atoms with van der Waals surface area (Å²) in [6.45, 7) is 8.03. The first kappa shape index (κ1) is 6.33. The lowest BCUT2D eigenvalue weighted by Crippen LogP contribution is -2.11. The number of aromatic amines is 1. The minimum Gasteiger partial charge on any atom is -0.348 e. The Labute approximate surface area is 55.3 Å². The van der Waals surface area contributed by atoms with Gasteiger partial charge in [-0.15, -0.1) is 0 Å². The molecule has 0 saturated carbocycles. The highest BCUT2D eigenvalue weighted by molar-refractivity contribution is 5.10. The molecule has 2 heteroatoms. The Bertz CT molecular complexity index is 169. The van der Waals surface area contributed by atoms with Crippen molar-refractivity contribution in [3.8, 4) is 0 Å². The minimum atomic E-state index is -0.0451. The van der Waals surface area contributed by atoms with Gasteiger partial charge >= 0.3 is 0 Å². The molecule has 1 radical (unpaired) electrons. The fourth-order valence-corrected chi connectivity index (χ4v) is 0.626. The Morgan fingerprint density at radius 3 is 2.56 bits per heavy atom. The van der Waals surface area contributed by atoms with Gasteiger partial charge in [0.05, 0.1) is 6.33 Å². The Balaban J connectivity index is 2.90. The van der Waals surface area contributed by atoms with Crippen LogP contribution in [0.25, 0.3) is 0 Å². The van der Waals surface area contributed by atoms with Gasteiger partial charge in [0.1, 0.15) is 0 Å². The average Bonchev–Trinajstić information content (AvgIpc) is 2.08. The van der Waals surface area contributed by atoms with Crippen molar-refractivity contribution in [2.75, 3.05) is 0 Å². The van der Waals surface area contributed by atoms with Crippen LogP contribution in [-0.4, -0.2) is 9.97 Å². The van der Waals surface area contributed by atoms with Crippen LogP contribution in [0.1, 0.15) is 19.5 Å². The Hall–Kier alpha value is -0.790. The van der Waals surface area contributed by atoms with Crippen molar-refractivity contribution in [1.82, 2.24) is 9.97 Å². The first-order valence-electron chi connectivity index (χ1n) is 2.95. The van der Waals surface area contributed by atoms with E-state index >= 15 is 0 Å². The molecule has 0 aliphatic rings.